The van der Waals surface area contributed by atoms with E-state index in [0.29, 0.717) is 25.9 Å². The Bertz CT molecular complexity index is 566. The first-order valence-electron chi connectivity index (χ1n) is 7.14. The Morgan fingerprint density at radius 3 is 2.81 bits per heavy atom. The number of carbonyl (C=O) groups is 1. The second-order valence-corrected chi connectivity index (χ2v) is 5.10. The quantitative estimate of drug-likeness (QED) is 0.816. The van der Waals surface area contributed by atoms with E-state index in [9.17, 15) is 9.90 Å². The first-order chi connectivity index (χ1) is 10.1. The van der Waals surface area contributed by atoms with Crippen molar-refractivity contribution in [1.29, 1.82) is 0 Å². The van der Waals surface area contributed by atoms with E-state index in [4.69, 9.17) is 0 Å². The summed E-state index contributed by atoms with van der Waals surface area (Å²) in [5.74, 6) is -0.0246. The first-order valence-corrected chi connectivity index (χ1v) is 7.14. The monoisotopic (exact) mass is 287 g/mol. The Labute approximate surface area is 124 Å². The molecule has 0 bridgehead atoms. The highest BCUT2D eigenvalue weighted by Crippen LogP contribution is 2.14. The number of hydrogen-bond donors (Lipinski definition) is 2. The van der Waals surface area contributed by atoms with Gasteiger partial charge in [-0.3, -0.25) is 9.48 Å². The normalized spacial score (nSPS) is 12.1. The smallest absolute Gasteiger partial charge is 0.221 e. The fourth-order valence-electron chi connectivity index (χ4n) is 2.08. The van der Waals surface area contributed by atoms with Crippen molar-refractivity contribution in [1.82, 2.24) is 15.1 Å². The van der Waals surface area contributed by atoms with Crippen LogP contribution in [-0.2, 0) is 11.3 Å². The number of aliphatic hydroxyl groups excluding tert-OH is 1. The van der Waals surface area contributed by atoms with E-state index in [1.54, 1.807) is 10.9 Å². The fourth-order valence-corrected chi connectivity index (χ4v) is 2.08. The summed E-state index contributed by atoms with van der Waals surface area (Å²) in [4.78, 5) is 11.7. The number of aromatic nitrogens is 2. The number of nitrogens with zero attached hydrogens (tertiary/aromatic N) is 2. The number of aryl methyl sites for hydroxylation is 2. The lowest BCUT2D eigenvalue weighted by molar-refractivity contribution is -0.121. The van der Waals surface area contributed by atoms with Gasteiger partial charge in [-0.1, -0.05) is 30.3 Å². The SMILES string of the molecule is Cc1cnn(CCC(=O)NCCC(O)c2ccccc2)c1. The number of amides is 1. The standard InChI is InChI=1S/C16H21N3O2/c1-13-11-18-19(12-13)10-8-16(21)17-9-7-15(20)14-5-3-2-4-6-14/h2-6,11-12,15,20H,7-10H2,1H3,(H,17,21). The maximum atomic E-state index is 11.7. The van der Waals surface area contributed by atoms with Crippen molar-refractivity contribution in [3.05, 3.63) is 53.9 Å². The minimum atomic E-state index is -0.541. The van der Waals surface area contributed by atoms with Gasteiger partial charge >= 0.3 is 0 Å². The summed E-state index contributed by atoms with van der Waals surface area (Å²) in [5, 5.41) is 16.9. The number of hydrogen-bond acceptors (Lipinski definition) is 3. The Morgan fingerprint density at radius 2 is 2.14 bits per heavy atom. The predicted molar refractivity (Wildman–Crippen MR) is 80.6 cm³/mol. The lowest BCUT2D eigenvalue weighted by Gasteiger charge is -2.11. The van der Waals surface area contributed by atoms with Crippen LogP contribution in [0.25, 0.3) is 0 Å². The largest absolute Gasteiger partial charge is 0.388 e. The molecular weight excluding hydrogens is 266 g/mol. The third-order valence-corrected chi connectivity index (χ3v) is 3.25. The zero-order valence-corrected chi connectivity index (χ0v) is 12.2. The van der Waals surface area contributed by atoms with E-state index in [1.165, 1.54) is 0 Å². The van der Waals surface area contributed by atoms with Gasteiger partial charge in [-0.25, -0.2) is 0 Å². The van der Waals surface area contributed by atoms with Crippen molar-refractivity contribution in [3.63, 3.8) is 0 Å². The van der Waals surface area contributed by atoms with Crippen LogP contribution >= 0.6 is 0 Å². The zero-order chi connectivity index (χ0) is 15.1. The fraction of sp³-hybridized carbons (Fsp3) is 0.375. The molecular formula is C16H21N3O2. The maximum absolute atomic E-state index is 11.7. The average Bonchev–Trinajstić information content (AvgIpc) is 2.91. The van der Waals surface area contributed by atoms with Gasteiger partial charge in [0, 0.05) is 25.7 Å². The molecule has 2 aromatic rings. The molecule has 0 spiro atoms. The minimum Gasteiger partial charge on any atom is -0.388 e. The highest BCUT2D eigenvalue weighted by atomic mass is 16.3. The molecule has 5 nitrogen and oxygen atoms in total. The number of aliphatic hydroxyl groups is 1. The van der Waals surface area contributed by atoms with Gasteiger partial charge in [-0.2, -0.15) is 5.10 Å². The van der Waals surface area contributed by atoms with Crippen LogP contribution in [-0.4, -0.2) is 27.3 Å². The Hall–Kier alpha value is -2.14. The Balaban J connectivity index is 1.65. The summed E-state index contributed by atoms with van der Waals surface area (Å²) in [7, 11) is 0. The highest BCUT2D eigenvalue weighted by molar-refractivity contribution is 5.75. The molecule has 0 fully saturated rings. The Kier molecular flexibility index (Phi) is 5.51. The van der Waals surface area contributed by atoms with Crippen LogP contribution in [0.1, 0.15) is 30.1 Å². The molecule has 1 amide bonds. The van der Waals surface area contributed by atoms with Crippen molar-refractivity contribution in [2.24, 2.45) is 0 Å². The van der Waals surface area contributed by atoms with Crippen LogP contribution in [0.4, 0.5) is 0 Å². The van der Waals surface area contributed by atoms with E-state index in [1.807, 2.05) is 43.5 Å². The van der Waals surface area contributed by atoms with Gasteiger partial charge in [0.15, 0.2) is 0 Å². The molecule has 2 rings (SSSR count). The second-order valence-electron chi connectivity index (χ2n) is 5.10. The third kappa shape index (κ3) is 5.04. The lowest BCUT2D eigenvalue weighted by Crippen LogP contribution is -2.26. The van der Waals surface area contributed by atoms with E-state index in [2.05, 4.69) is 10.4 Å². The minimum absolute atomic E-state index is 0.0246. The lowest BCUT2D eigenvalue weighted by atomic mass is 10.1. The number of carbonyl (C=O) groups excluding carboxylic acids is 1. The molecule has 21 heavy (non-hydrogen) atoms. The van der Waals surface area contributed by atoms with Crippen LogP contribution in [0, 0.1) is 6.92 Å². The Morgan fingerprint density at radius 1 is 1.38 bits per heavy atom. The van der Waals surface area contributed by atoms with Gasteiger partial charge in [0.05, 0.1) is 12.3 Å². The molecule has 1 heterocycles. The molecule has 0 aliphatic rings. The third-order valence-electron chi connectivity index (χ3n) is 3.25. The molecule has 1 aromatic carbocycles. The van der Waals surface area contributed by atoms with Gasteiger partial charge < -0.3 is 10.4 Å². The molecule has 1 aromatic heterocycles. The highest BCUT2D eigenvalue weighted by Gasteiger charge is 2.08. The summed E-state index contributed by atoms with van der Waals surface area (Å²) >= 11 is 0. The number of nitrogens with one attached hydrogen (secondary N) is 1. The van der Waals surface area contributed by atoms with Gasteiger partial charge in [-0.15, -0.1) is 0 Å². The summed E-state index contributed by atoms with van der Waals surface area (Å²) in [6.07, 6.45) is 4.04. The summed E-state index contributed by atoms with van der Waals surface area (Å²) < 4.78 is 1.76. The van der Waals surface area contributed by atoms with Crippen molar-refractivity contribution in [2.45, 2.75) is 32.4 Å². The van der Waals surface area contributed by atoms with Crippen LogP contribution < -0.4 is 5.32 Å². The summed E-state index contributed by atoms with van der Waals surface area (Å²) in [6.45, 7) is 3.00. The molecule has 5 heteroatoms. The molecule has 0 saturated carbocycles. The summed E-state index contributed by atoms with van der Waals surface area (Å²) in [6, 6.07) is 9.46. The van der Waals surface area contributed by atoms with Crippen molar-refractivity contribution in [3.8, 4) is 0 Å². The summed E-state index contributed by atoms with van der Waals surface area (Å²) in [5.41, 5.74) is 1.96. The number of rotatable bonds is 7. The van der Waals surface area contributed by atoms with Crippen molar-refractivity contribution < 1.29 is 9.90 Å². The second kappa shape index (κ2) is 7.59. The van der Waals surface area contributed by atoms with Crippen LogP contribution in [0.15, 0.2) is 42.7 Å². The molecule has 112 valence electrons. The van der Waals surface area contributed by atoms with Crippen molar-refractivity contribution >= 4 is 5.91 Å². The van der Waals surface area contributed by atoms with Gasteiger partial charge in [-0.05, 0) is 24.5 Å². The van der Waals surface area contributed by atoms with E-state index < -0.39 is 6.10 Å². The van der Waals surface area contributed by atoms with E-state index in [-0.39, 0.29) is 5.91 Å². The topological polar surface area (TPSA) is 67.2 Å². The van der Waals surface area contributed by atoms with E-state index in [0.717, 1.165) is 11.1 Å². The molecule has 0 radical (unpaired) electrons. The van der Waals surface area contributed by atoms with Gasteiger partial charge in [0.25, 0.3) is 0 Å². The zero-order valence-electron chi connectivity index (χ0n) is 12.2. The van der Waals surface area contributed by atoms with Crippen LogP contribution in [0.3, 0.4) is 0 Å². The van der Waals surface area contributed by atoms with E-state index >= 15 is 0 Å². The maximum Gasteiger partial charge on any atom is 0.221 e. The average molecular weight is 287 g/mol. The number of benzene rings is 1. The molecule has 2 N–H and O–H groups in total. The molecule has 1 atom stereocenters. The molecule has 0 aliphatic carbocycles. The molecule has 1 unspecified atom stereocenters. The molecule has 0 aliphatic heterocycles. The molecule has 0 saturated heterocycles. The van der Waals surface area contributed by atoms with Crippen LogP contribution in [0.5, 0.6) is 0 Å². The predicted octanol–water partition coefficient (Wildman–Crippen LogP) is 1.82. The van der Waals surface area contributed by atoms with Crippen LogP contribution in [0.2, 0.25) is 0 Å². The van der Waals surface area contributed by atoms with Crippen molar-refractivity contribution in [2.75, 3.05) is 6.54 Å². The van der Waals surface area contributed by atoms with Gasteiger partial charge in [0.1, 0.15) is 0 Å². The van der Waals surface area contributed by atoms with Gasteiger partial charge in [0.2, 0.25) is 5.91 Å². The first kappa shape index (κ1) is 15.3.